The molecule has 0 saturated heterocycles. The van der Waals surface area contributed by atoms with Crippen LogP contribution in [-0.4, -0.2) is 30.7 Å². The number of hydrogen-bond acceptors (Lipinski definition) is 3. The molecule has 2 amide bonds. The van der Waals surface area contributed by atoms with Gasteiger partial charge in [-0.2, -0.15) is 0 Å². The highest BCUT2D eigenvalue weighted by molar-refractivity contribution is 5.80. The Morgan fingerprint density at radius 1 is 1.15 bits per heavy atom. The first-order valence-electron chi connectivity index (χ1n) is 7.28. The highest BCUT2D eigenvalue weighted by Crippen LogP contribution is 2.43. The van der Waals surface area contributed by atoms with E-state index in [1.807, 2.05) is 20.8 Å². The minimum atomic E-state index is -0.497. The maximum atomic E-state index is 12.0. The van der Waals surface area contributed by atoms with Gasteiger partial charge >= 0.3 is 6.09 Å². The van der Waals surface area contributed by atoms with Crippen molar-refractivity contribution in [3.05, 3.63) is 12.2 Å². The molecule has 0 aliphatic heterocycles. The molecule has 2 aliphatic carbocycles. The van der Waals surface area contributed by atoms with Gasteiger partial charge in [0, 0.05) is 19.0 Å². The van der Waals surface area contributed by atoms with E-state index in [-0.39, 0.29) is 11.8 Å². The van der Waals surface area contributed by atoms with Gasteiger partial charge in [0.15, 0.2) is 0 Å². The van der Waals surface area contributed by atoms with Gasteiger partial charge in [0.2, 0.25) is 5.91 Å². The molecule has 0 aromatic heterocycles. The van der Waals surface area contributed by atoms with Crippen LogP contribution in [0.25, 0.3) is 0 Å². The van der Waals surface area contributed by atoms with Gasteiger partial charge in [-0.1, -0.05) is 12.2 Å². The Morgan fingerprint density at radius 2 is 1.85 bits per heavy atom. The van der Waals surface area contributed by atoms with Crippen molar-refractivity contribution in [3.63, 3.8) is 0 Å². The largest absolute Gasteiger partial charge is 0.444 e. The van der Waals surface area contributed by atoms with Crippen LogP contribution in [0.2, 0.25) is 0 Å². The third-order valence-electron chi connectivity index (χ3n) is 3.71. The Labute approximate surface area is 120 Å². The summed E-state index contributed by atoms with van der Waals surface area (Å²) in [4.78, 5) is 23.4. The van der Waals surface area contributed by atoms with E-state index < -0.39 is 11.7 Å². The minimum absolute atomic E-state index is 0.104. The van der Waals surface area contributed by atoms with Crippen molar-refractivity contribution >= 4 is 12.0 Å². The average Bonchev–Trinajstić information content (AvgIpc) is 2.94. The van der Waals surface area contributed by atoms with Crippen molar-refractivity contribution in [2.45, 2.75) is 39.2 Å². The fourth-order valence-corrected chi connectivity index (χ4v) is 2.88. The number of nitrogens with one attached hydrogen (secondary N) is 2. The van der Waals surface area contributed by atoms with Crippen LogP contribution in [0.3, 0.4) is 0 Å². The molecule has 2 bridgehead atoms. The summed E-state index contributed by atoms with van der Waals surface area (Å²) in [5, 5.41) is 5.51. The lowest BCUT2D eigenvalue weighted by atomic mass is 9.93. The van der Waals surface area contributed by atoms with Crippen LogP contribution in [0, 0.1) is 17.8 Å². The molecule has 0 aromatic carbocycles. The molecule has 1 saturated carbocycles. The lowest BCUT2D eigenvalue weighted by molar-refractivity contribution is -0.125. The van der Waals surface area contributed by atoms with Crippen LogP contribution in [-0.2, 0) is 9.53 Å². The Kier molecular flexibility index (Phi) is 4.35. The maximum absolute atomic E-state index is 12.0. The number of allylic oxidation sites excluding steroid dienone is 2. The van der Waals surface area contributed by atoms with Crippen LogP contribution >= 0.6 is 0 Å². The molecule has 2 rings (SSSR count). The Morgan fingerprint density at radius 3 is 2.40 bits per heavy atom. The van der Waals surface area contributed by atoms with E-state index in [0.29, 0.717) is 24.9 Å². The number of carbonyl (C=O) groups excluding carboxylic acids is 2. The van der Waals surface area contributed by atoms with Crippen molar-refractivity contribution in [1.29, 1.82) is 0 Å². The van der Waals surface area contributed by atoms with Crippen LogP contribution in [0.15, 0.2) is 12.2 Å². The number of rotatable bonds is 4. The number of hydrogen-bond donors (Lipinski definition) is 2. The average molecular weight is 280 g/mol. The standard InChI is InChI=1S/C15H24N2O3/c1-15(2,3)20-14(19)17-7-6-16-13(18)12-9-10-4-5-11(12)8-10/h4-5,10-12H,6-9H2,1-3H3,(H,16,18)(H,17,19)/t10?,11?,12-/m0/s1. The minimum Gasteiger partial charge on any atom is -0.444 e. The Balaban J connectivity index is 1.61. The molecule has 112 valence electrons. The van der Waals surface area contributed by atoms with E-state index >= 15 is 0 Å². The second kappa shape index (κ2) is 5.85. The van der Waals surface area contributed by atoms with Crippen molar-refractivity contribution < 1.29 is 14.3 Å². The molecule has 2 N–H and O–H groups in total. The van der Waals surface area contributed by atoms with Gasteiger partial charge in [0.25, 0.3) is 0 Å². The third kappa shape index (κ3) is 3.99. The van der Waals surface area contributed by atoms with Gasteiger partial charge in [0.1, 0.15) is 5.60 Å². The monoisotopic (exact) mass is 280 g/mol. The molecule has 2 aliphatic rings. The fraction of sp³-hybridized carbons (Fsp3) is 0.733. The van der Waals surface area contributed by atoms with E-state index in [9.17, 15) is 9.59 Å². The number of alkyl carbamates (subject to hydrolysis) is 1. The third-order valence-corrected chi connectivity index (χ3v) is 3.71. The predicted octanol–water partition coefficient (Wildman–Crippen LogP) is 1.84. The zero-order valence-corrected chi connectivity index (χ0v) is 12.4. The summed E-state index contributed by atoms with van der Waals surface area (Å²) >= 11 is 0. The smallest absolute Gasteiger partial charge is 0.407 e. The summed E-state index contributed by atoms with van der Waals surface area (Å²) in [6, 6.07) is 0. The number of fused-ring (bicyclic) bond motifs is 2. The van der Waals surface area contributed by atoms with E-state index in [2.05, 4.69) is 22.8 Å². The van der Waals surface area contributed by atoms with Gasteiger partial charge in [-0.15, -0.1) is 0 Å². The van der Waals surface area contributed by atoms with E-state index in [0.717, 1.165) is 12.8 Å². The van der Waals surface area contributed by atoms with Crippen LogP contribution in [0.4, 0.5) is 4.79 Å². The van der Waals surface area contributed by atoms with Gasteiger partial charge in [-0.3, -0.25) is 4.79 Å². The van der Waals surface area contributed by atoms with E-state index in [1.54, 1.807) is 0 Å². The topological polar surface area (TPSA) is 67.4 Å². The van der Waals surface area contributed by atoms with Crippen molar-refractivity contribution in [3.8, 4) is 0 Å². The summed E-state index contributed by atoms with van der Waals surface area (Å²) in [5.74, 6) is 1.23. The second-order valence-corrected chi connectivity index (χ2v) is 6.61. The van der Waals surface area contributed by atoms with Gasteiger partial charge < -0.3 is 15.4 Å². The summed E-state index contributed by atoms with van der Waals surface area (Å²) in [6.45, 7) is 6.28. The fourth-order valence-electron chi connectivity index (χ4n) is 2.88. The summed E-state index contributed by atoms with van der Waals surface area (Å²) in [7, 11) is 0. The molecular weight excluding hydrogens is 256 g/mol. The molecular formula is C15H24N2O3. The van der Waals surface area contributed by atoms with Crippen LogP contribution < -0.4 is 10.6 Å². The van der Waals surface area contributed by atoms with E-state index in [1.165, 1.54) is 0 Å². The zero-order chi connectivity index (χ0) is 14.8. The zero-order valence-electron chi connectivity index (χ0n) is 12.4. The van der Waals surface area contributed by atoms with Crippen molar-refractivity contribution in [2.75, 3.05) is 13.1 Å². The molecule has 5 heteroatoms. The molecule has 20 heavy (non-hydrogen) atoms. The highest BCUT2D eigenvalue weighted by Gasteiger charge is 2.39. The molecule has 1 fully saturated rings. The molecule has 0 spiro atoms. The first-order chi connectivity index (χ1) is 9.35. The lowest BCUT2D eigenvalue weighted by Crippen LogP contribution is -2.40. The summed E-state index contributed by atoms with van der Waals surface area (Å²) in [6.07, 6.45) is 6.02. The first kappa shape index (κ1) is 14.9. The SMILES string of the molecule is CC(C)(C)OC(=O)NCCNC(=O)[C@H]1CC2C=CC1C2. The molecule has 0 aromatic rings. The second-order valence-electron chi connectivity index (χ2n) is 6.61. The number of carbonyl (C=O) groups is 2. The Hall–Kier alpha value is -1.52. The maximum Gasteiger partial charge on any atom is 0.407 e. The van der Waals surface area contributed by atoms with Gasteiger partial charge in [-0.05, 0) is 45.4 Å². The number of amides is 2. The van der Waals surface area contributed by atoms with Gasteiger partial charge in [0.05, 0.1) is 0 Å². The van der Waals surface area contributed by atoms with E-state index in [4.69, 9.17) is 4.74 Å². The molecule has 0 radical (unpaired) electrons. The van der Waals surface area contributed by atoms with Crippen LogP contribution in [0.5, 0.6) is 0 Å². The van der Waals surface area contributed by atoms with Crippen LogP contribution in [0.1, 0.15) is 33.6 Å². The molecule has 5 nitrogen and oxygen atoms in total. The first-order valence-corrected chi connectivity index (χ1v) is 7.28. The highest BCUT2D eigenvalue weighted by atomic mass is 16.6. The summed E-state index contributed by atoms with van der Waals surface area (Å²) < 4.78 is 5.11. The molecule has 2 unspecified atom stereocenters. The van der Waals surface area contributed by atoms with Crippen molar-refractivity contribution in [2.24, 2.45) is 17.8 Å². The summed E-state index contributed by atoms with van der Waals surface area (Å²) in [5.41, 5.74) is -0.497. The quantitative estimate of drug-likeness (QED) is 0.610. The molecule has 0 heterocycles. The normalized spacial score (nSPS) is 27.4. The van der Waals surface area contributed by atoms with Gasteiger partial charge in [-0.25, -0.2) is 4.79 Å². The lowest BCUT2D eigenvalue weighted by Gasteiger charge is -2.20. The van der Waals surface area contributed by atoms with Crippen molar-refractivity contribution in [1.82, 2.24) is 10.6 Å². The molecule has 3 atom stereocenters. The Bertz CT molecular complexity index is 412. The number of ether oxygens (including phenoxy) is 1. The predicted molar refractivity (Wildman–Crippen MR) is 76.1 cm³/mol.